The minimum absolute atomic E-state index is 0.337. The Kier molecular flexibility index (Phi) is 8.03. The maximum absolute atomic E-state index is 3.00. The molecule has 2 unspecified atom stereocenters. The molecule has 1 aliphatic carbocycles. The van der Waals surface area contributed by atoms with Crippen LogP contribution in [0.15, 0.2) is 121 Å². The number of nitrogens with zero attached hydrogens (tertiary/aromatic N) is 1. The topological polar surface area (TPSA) is 3.24 Å². The summed E-state index contributed by atoms with van der Waals surface area (Å²) in [5.74, 6) is 0.716. The Balaban J connectivity index is 1.75. The summed E-state index contributed by atoms with van der Waals surface area (Å²) in [6.07, 6.45) is 3.79. The molecule has 0 aromatic heterocycles. The minimum Gasteiger partial charge on any atom is -0.242 e. The maximum Gasteiger partial charge on any atom is 0.0325 e. The molecular weight excluding hydrogens is 472 g/mol. The molecule has 4 aromatic rings. The van der Waals surface area contributed by atoms with Gasteiger partial charge in [-0.1, -0.05) is 142 Å². The highest BCUT2D eigenvalue weighted by atomic mass is 31.2. The van der Waals surface area contributed by atoms with Crippen LogP contribution in [0.4, 0.5) is 0 Å². The van der Waals surface area contributed by atoms with Gasteiger partial charge in [0.15, 0.2) is 0 Å². The van der Waals surface area contributed by atoms with Crippen LogP contribution in [0.25, 0.3) is 0 Å². The normalized spacial score (nSPS) is 19.6. The fourth-order valence-electron chi connectivity index (χ4n) is 5.94. The van der Waals surface area contributed by atoms with Gasteiger partial charge < -0.3 is 0 Å². The molecule has 0 saturated heterocycles. The van der Waals surface area contributed by atoms with Crippen molar-refractivity contribution in [3.8, 4) is 0 Å². The van der Waals surface area contributed by atoms with Gasteiger partial charge in [-0.05, 0) is 51.8 Å². The van der Waals surface area contributed by atoms with Gasteiger partial charge in [-0.15, -0.1) is 0 Å². The Labute approximate surface area is 220 Å². The highest BCUT2D eigenvalue weighted by molar-refractivity contribution is 7.84. The van der Waals surface area contributed by atoms with E-state index in [0.29, 0.717) is 17.4 Å². The first kappa shape index (κ1) is 25.4. The summed E-state index contributed by atoms with van der Waals surface area (Å²) in [5, 5.41) is 5.76. The first-order valence-electron chi connectivity index (χ1n) is 13.1. The van der Waals surface area contributed by atoms with Crippen LogP contribution in [0.3, 0.4) is 0 Å². The van der Waals surface area contributed by atoms with Crippen LogP contribution in [0, 0.1) is 11.3 Å². The van der Waals surface area contributed by atoms with Crippen LogP contribution in [-0.2, 0) is 0 Å². The zero-order chi connectivity index (χ0) is 25.0. The van der Waals surface area contributed by atoms with Gasteiger partial charge in [0.25, 0.3) is 0 Å². The zero-order valence-corrected chi connectivity index (χ0v) is 23.5. The van der Waals surface area contributed by atoms with Crippen molar-refractivity contribution in [2.75, 3.05) is 0 Å². The molecule has 4 aromatic carbocycles. The summed E-state index contributed by atoms with van der Waals surface area (Å²) < 4.78 is 3.00. The first-order chi connectivity index (χ1) is 17.5. The average Bonchev–Trinajstić information content (AvgIpc) is 2.90. The highest BCUT2D eigenvalue weighted by Crippen LogP contribution is 2.59. The molecule has 1 fully saturated rings. The third-order valence-electron chi connectivity index (χ3n) is 7.10. The van der Waals surface area contributed by atoms with E-state index in [1.165, 1.54) is 40.5 Å². The third kappa shape index (κ3) is 5.81. The van der Waals surface area contributed by atoms with E-state index < -0.39 is 16.1 Å². The Bertz CT molecular complexity index is 1050. The SMILES string of the molecule is CC1CC(N(P(c2ccccc2)c2ccccc2)P(c2ccccc2)c2ccccc2)CC(C)(C)C1. The fraction of sp³-hybridized carbons (Fsp3) is 0.273. The van der Waals surface area contributed by atoms with E-state index in [9.17, 15) is 0 Å². The molecule has 0 N–H and O–H groups in total. The van der Waals surface area contributed by atoms with Gasteiger partial charge in [-0.25, -0.2) is 4.44 Å². The number of benzene rings is 4. The van der Waals surface area contributed by atoms with Gasteiger partial charge in [0.2, 0.25) is 0 Å². The predicted molar refractivity (Wildman–Crippen MR) is 161 cm³/mol. The standard InChI is InChI=1S/C33H37NP2/c1-27-24-28(26-33(2,3)25-27)34(35(29-16-8-4-9-17-29)30-18-10-5-11-19-30)36(31-20-12-6-13-21-31)32-22-14-7-15-23-32/h4-23,27-28H,24-26H2,1-3H3. The lowest BCUT2D eigenvalue weighted by atomic mass is 9.71. The Morgan fingerprint density at radius 3 is 1.19 bits per heavy atom. The molecule has 0 heterocycles. The van der Waals surface area contributed by atoms with Crippen LogP contribution in [0.1, 0.15) is 40.0 Å². The quantitative estimate of drug-likeness (QED) is 0.232. The lowest BCUT2D eigenvalue weighted by Crippen LogP contribution is -2.44. The molecule has 0 spiro atoms. The van der Waals surface area contributed by atoms with Crippen molar-refractivity contribution in [3.63, 3.8) is 0 Å². The third-order valence-corrected chi connectivity index (χ3v) is 12.8. The maximum atomic E-state index is 3.00. The van der Waals surface area contributed by atoms with Gasteiger partial charge in [0.05, 0.1) is 0 Å². The summed E-state index contributed by atoms with van der Waals surface area (Å²) >= 11 is 0. The molecule has 3 heteroatoms. The summed E-state index contributed by atoms with van der Waals surface area (Å²) in [6, 6.07) is 45.7. The van der Waals surface area contributed by atoms with Gasteiger partial charge in [-0.2, -0.15) is 0 Å². The van der Waals surface area contributed by atoms with Crippen LogP contribution in [-0.4, -0.2) is 10.5 Å². The van der Waals surface area contributed by atoms with Crippen LogP contribution >= 0.6 is 16.1 Å². The Morgan fingerprint density at radius 1 is 0.556 bits per heavy atom. The molecule has 1 saturated carbocycles. The number of hydrogen-bond acceptors (Lipinski definition) is 1. The highest BCUT2D eigenvalue weighted by Gasteiger charge is 2.42. The molecule has 0 radical (unpaired) electrons. The van der Waals surface area contributed by atoms with Crippen LogP contribution < -0.4 is 21.2 Å². The number of hydrogen-bond donors (Lipinski definition) is 0. The molecular formula is C33H37NP2. The molecule has 1 aliphatic rings. The smallest absolute Gasteiger partial charge is 0.0325 e. The van der Waals surface area contributed by atoms with E-state index in [1.54, 1.807) is 0 Å². The van der Waals surface area contributed by atoms with Crippen molar-refractivity contribution < 1.29 is 0 Å². The largest absolute Gasteiger partial charge is 0.242 e. The molecule has 2 atom stereocenters. The lowest BCUT2D eigenvalue weighted by molar-refractivity contribution is 0.142. The lowest BCUT2D eigenvalue weighted by Gasteiger charge is -2.49. The predicted octanol–water partition coefficient (Wildman–Crippen LogP) is 7.60. The van der Waals surface area contributed by atoms with Crippen molar-refractivity contribution in [1.82, 2.24) is 4.44 Å². The van der Waals surface area contributed by atoms with Crippen molar-refractivity contribution in [2.45, 2.75) is 46.1 Å². The summed E-state index contributed by atoms with van der Waals surface area (Å²) in [6.45, 7) is 7.43. The summed E-state index contributed by atoms with van der Waals surface area (Å²) in [4.78, 5) is 0. The minimum atomic E-state index is -0.722. The first-order valence-corrected chi connectivity index (χ1v) is 15.7. The van der Waals surface area contributed by atoms with Gasteiger partial charge in [-0.3, -0.25) is 0 Å². The Morgan fingerprint density at radius 2 is 0.889 bits per heavy atom. The van der Waals surface area contributed by atoms with Gasteiger partial charge >= 0.3 is 0 Å². The van der Waals surface area contributed by atoms with Crippen molar-refractivity contribution in [1.29, 1.82) is 0 Å². The second-order valence-corrected chi connectivity index (χ2v) is 15.3. The van der Waals surface area contributed by atoms with E-state index in [4.69, 9.17) is 0 Å². The monoisotopic (exact) mass is 509 g/mol. The van der Waals surface area contributed by atoms with Crippen molar-refractivity contribution in [3.05, 3.63) is 121 Å². The fourth-order valence-corrected chi connectivity index (χ4v) is 12.3. The molecule has 184 valence electrons. The van der Waals surface area contributed by atoms with E-state index in [2.05, 4.69) is 147 Å². The van der Waals surface area contributed by atoms with E-state index in [-0.39, 0.29) is 0 Å². The Hall–Kier alpha value is -2.30. The second kappa shape index (κ2) is 11.4. The van der Waals surface area contributed by atoms with Crippen LogP contribution in [0.2, 0.25) is 0 Å². The molecule has 0 aliphatic heterocycles. The average molecular weight is 510 g/mol. The molecule has 5 rings (SSSR count). The second-order valence-electron chi connectivity index (χ2n) is 10.9. The van der Waals surface area contributed by atoms with Crippen molar-refractivity contribution >= 4 is 37.4 Å². The number of rotatable bonds is 7. The van der Waals surface area contributed by atoms with E-state index in [1.807, 2.05) is 0 Å². The molecule has 0 bridgehead atoms. The van der Waals surface area contributed by atoms with Gasteiger partial charge in [0, 0.05) is 22.2 Å². The summed E-state index contributed by atoms with van der Waals surface area (Å²) in [7, 11) is -1.44. The van der Waals surface area contributed by atoms with Gasteiger partial charge in [0.1, 0.15) is 0 Å². The molecule has 0 amide bonds. The van der Waals surface area contributed by atoms with Crippen molar-refractivity contribution in [2.24, 2.45) is 11.3 Å². The van der Waals surface area contributed by atoms with Crippen LogP contribution in [0.5, 0.6) is 0 Å². The molecule has 36 heavy (non-hydrogen) atoms. The zero-order valence-electron chi connectivity index (χ0n) is 21.7. The van der Waals surface area contributed by atoms with E-state index >= 15 is 0 Å². The summed E-state index contributed by atoms with van der Waals surface area (Å²) in [5.41, 5.74) is 0.337. The van der Waals surface area contributed by atoms with E-state index in [0.717, 1.165) is 0 Å². The molecule has 1 nitrogen and oxygen atoms in total.